The molecule has 0 saturated carbocycles. The zero-order chi connectivity index (χ0) is 18.8. The number of hydrogen-bond donors (Lipinski definition) is 1. The second-order valence-electron chi connectivity index (χ2n) is 8.18. The zero-order valence-electron chi connectivity index (χ0n) is 16.4. The molecule has 0 aliphatic carbocycles. The number of aromatic nitrogens is 4. The quantitative estimate of drug-likeness (QED) is 0.745. The van der Waals surface area contributed by atoms with Gasteiger partial charge in [-0.2, -0.15) is 5.10 Å². The van der Waals surface area contributed by atoms with Crippen LogP contribution in [0.25, 0.3) is 22.2 Å². The van der Waals surface area contributed by atoms with E-state index in [2.05, 4.69) is 39.5 Å². The highest BCUT2D eigenvalue weighted by molar-refractivity contribution is 5.81. The Hall–Kier alpha value is -2.18. The van der Waals surface area contributed by atoms with Gasteiger partial charge in [0, 0.05) is 48.3 Å². The topological polar surface area (TPSA) is 56.9 Å². The van der Waals surface area contributed by atoms with E-state index in [0.29, 0.717) is 0 Å². The van der Waals surface area contributed by atoms with Gasteiger partial charge in [0.1, 0.15) is 11.9 Å². The van der Waals surface area contributed by atoms with Crippen LogP contribution in [0.4, 0.5) is 0 Å². The summed E-state index contributed by atoms with van der Waals surface area (Å²) in [5, 5.41) is 9.24. The van der Waals surface area contributed by atoms with Crippen molar-refractivity contribution in [1.82, 2.24) is 24.6 Å². The summed E-state index contributed by atoms with van der Waals surface area (Å²) in [6, 6.07) is 4.42. The van der Waals surface area contributed by atoms with Crippen LogP contribution in [-0.4, -0.2) is 39.0 Å². The van der Waals surface area contributed by atoms with E-state index in [9.17, 15) is 0 Å². The van der Waals surface area contributed by atoms with E-state index in [1.54, 1.807) is 0 Å². The summed E-state index contributed by atoms with van der Waals surface area (Å²) in [6.45, 7) is 4.19. The van der Waals surface area contributed by atoms with Crippen LogP contribution in [-0.2, 0) is 11.3 Å². The van der Waals surface area contributed by atoms with Gasteiger partial charge in [0.05, 0.1) is 6.20 Å². The van der Waals surface area contributed by atoms with Crippen LogP contribution in [0.2, 0.25) is 0 Å². The SMILES string of the molecule is c1nc2c(ccn2CC2CCCNCC2)cc1-c1cnn(C2CCCCO2)c1. The van der Waals surface area contributed by atoms with Crippen molar-refractivity contribution >= 4 is 11.0 Å². The number of pyridine rings is 1. The molecule has 6 heteroatoms. The van der Waals surface area contributed by atoms with Crippen LogP contribution in [0.5, 0.6) is 0 Å². The second-order valence-corrected chi connectivity index (χ2v) is 8.18. The molecule has 3 aromatic rings. The molecule has 2 saturated heterocycles. The first-order valence-corrected chi connectivity index (χ1v) is 10.7. The monoisotopic (exact) mass is 379 g/mol. The first kappa shape index (κ1) is 17.9. The third-order valence-corrected chi connectivity index (χ3v) is 6.14. The molecule has 0 aromatic carbocycles. The summed E-state index contributed by atoms with van der Waals surface area (Å²) in [5.41, 5.74) is 3.31. The Balaban J connectivity index is 1.35. The van der Waals surface area contributed by atoms with E-state index in [0.717, 1.165) is 61.8 Å². The standard InChI is InChI=1S/C22H29N5O/c1-2-11-28-21(5-1)27-16-20(14-25-27)19-12-18-7-10-26(22(18)24-13-19)15-17-4-3-8-23-9-6-17/h7,10,12-14,16-17,21,23H,1-6,8-9,11,15H2. The molecule has 2 fully saturated rings. The lowest BCUT2D eigenvalue weighted by molar-refractivity contribution is -0.0394. The molecule has 6 nitrogen and oxygen atoms in total. The van der Waals surface area contributed by atoms with Crippen molar-refractivity contribution in [1.29, 1.82) is 0 Å². The fourth-order valence-corrected chi connectivity index (χ4v) is 4.51. The lowest BCUT2D eigenvalue weighted by Gasteiger charge is -2.22. The lowest BCUT2D eigenvalue weighted by Crippen LogP contribution is -2.18. The van der Waals surface area contributed by atoms with Gasteiger partial charge in [-0.05, 0) is 69.7 Å². The van der Waals surface area contributed by atoms with E-state index < -0.39 is 0 Å². The summed E-state index contributed by atoms with van der Waals surface area (Å²) in [6.07, 6.45) is 15.5. The smallest absolute Gasteiger partial charge is 0.150 e. The average molecular weight is 380 g/mol. The highest BCUT2D eigenvalue weighted by atomic mass is 16.5. The second kappa shape index (κ2) is 8.05. The van der Waals surface area contributed by atoms with Crippen molar-refractivity contribution in [3.63, 3.8) is 0 Å². The molecule has 0 bridgehead atoms. The van der Waals surface area contributed by atoms with Crippen molar-refractivity contribution in [2.75, 3.05) is 19.7 Å². The molecule has 2 unspecified atom stereocenters. The van der Waals surface area contributed by atoms with E-state index in [-0.39, 0.29) is 6.23 Å². The number of nitrogens with one attached hydrogen (secondary N) is 1. The van der Waals surface area contributed by atoms with Gasteiger partial charge in [-0.25, -0.2) is 9.67 Å². The largest absolute Gasteiger partial charge is 0.357 e. The predicted octanol–water partition coefficient (Wildman–Crippen LogP) is 3.99. The van der Waals surface area contributed by atoms with E-state index in [1.165, 1.54) is 31.1 Å². The van der Waals surface area contributed by atoms with Crippen LogP contribution in [0.1, 0.15) is 44.8 Å². The summed E-state index contributed by atoms with van der Waals surface area (Å²) < 4.78 is 10.1. The van der Waals surface area contributed by atoms with Crippen molar-refractivity contribution in [3.05, 3.63) is 36.9 Å². The van der Waals surface area contributed by atoms with Gasteiger partial charge < -0.3 is 14.6 Å². The van der Waals surface area contributed by atoms with Gasteiger partial charge in [0.15, 0.2) is 0 Å². The van der Waals surface area contributed by atoms with Crippen molar-refractivity contribution < 1.29 is 4.74 Å². The molecule has 1 N–H and O–H groups in total. The summed E-state index contributed by atoms with van der Waals surface area (Å²) in [4.78, 5) is 4.81. The minimum Gasteiger partial charge on any atom is -0.357 e. The Bertz CT molecular complexity index is 916. The Labute approximate surface area is 165 Å². The molecule has 0 spiro atoms. The molecule has 5 rings (SSSR count). The molecule has 2 aliphatic heterocycles. The highest BCUT2D eigenvalue weighted by Crippen LogP contribution is 2.27. The molecule has 148 valence electrons. The first-order chi connectivity index (χ1) is 13.9. The van der Waals surface area contributed by atoms with Gasteiger partial charge in [-0.1, -0.05) is 0 Å². The van der Waals surface area contributed by atoms with Crippen LogP contribution in [0.15, 0.2) is 36.9 Å². The highest BCUT2D eigenvalue weighted by Gasteiger charge is 2.18. The van der Waals surface area contributed by atoms with Crippen molar-refractivity contribution in [2.45, 2.75) is 51.3 Å². The Kier molecular flexibility index (Phi) is 5.14. The Morgan fingerprint density at radius 1 is 1.07 bits per heavy atom. The number of ether oxygens (including phenoxy) is 1. The van der Waals surface area contributed by atoms with Crippen LogP contribution >= 0.6 is 0 Å². The zero-order valence-corrected chi connectivity index (χ0v) is 16.4. The maximum absolute atomic E-state index is 5.84. The van der Waals surface area contributed by atoms with E-state index in [4.69, 9.17) is 9.72 Å². The molecular weight excluding hydrogens is 350 g/mol. The molecule has 0 amide bonds. The molecule has 2 atom stereocenters. The van der Waals surface area contributed by atoms with Crippen LogP contribution < -0.4 is 5.32 Å². The molecule has 28 heavy (non-hydrogen) atoms. The number of fused-ring (bicyclic) bond motifs is 1. The minimum atomic E-state index is 0.0781. The molecule has 3 aromatic heterocycles. The van der Waals surface area contributed by atoms with E-state index >= 15 is 0 Å². The van der Waals surface area contributed by atoms with Crippen LogP contribution in [0.3, 0.4) is 0 Å². The number of nitrogens with zero attached hydrogens (tertiary/aromatic N) is 4. The average Bonchev–Trinajstić information content (AvgIpc) is 3.30. The third kappa shape index (κ3) is 3.71. The van der Waals surface area contributed by atoms with Gasteiger partial charge in [0.2, 0.25) is 0 Å². The third-order valence-electron chi connectivity index (χ3n) is 6.14. The molecule has 2 aliphatic rings. The maximum atomic E-state index is 5.84. The first-order valence-electron chi connectivity index (χ1n) is 10.7. The van der Waals surface area contributed by atoms with Gasteiger partial charge in [-0.15, -0.1) is 0 Å². The Morgan fingerprint density at radius 2 is 2.07 bits per heavy atom. The van der Waals surface area contributed by atoms with Crippen LogP contribution in [0, 0.1) is 5.92 Å². The minimum absolute atomic E-state index is 0.0781. The maximum Gasteiger partial charge on any atom is 0.150 e. The summed E-state index contributed by atoms with van der Waals surface area (Å²) in [7, 11) is 0. The molecule has 5 heterocycles. The normalized spacial score (nSPS) is 23.7. The van der Waals surface area contributed by atoms with Gasteiger partial charge >= 0.3 is 0 Å². The Morgan fingerprint density at radius 3 is 3.00 bits per heavy atom. The van der Waals surface area contributed by atoms with Crippen molar-refractivity contribution in [3.8, 4) is 11.1 Å². The predicted molar refractivity (Wildman–Crippen MR) is 110 cm³/mol. The van der Waals surface area contributed by atoms with Gasteiger partial charge in [-0.3, -0.25) is 0 Å². The lowest BCUT2D eigenvalue weighted by atomic mass is 10.0. The molecule has 0 radical (unpaired) electrons. The fraction of sp³-hybridized carbons (Fsp3) is 0.545. The number of rotatable bonds is 4. The molecular formula is C22H29N5O. The fourth-order valence-electron chi connectivity index (χ4n) is 4.51. The van der Waals surface area contributed by atoms with E-state index in [1.807, 2.05) is 17.1 Å². The number of hydrogen-bond acceptors (Lipinski definition) is 4. The summed E-state index contributed by atoms with van der Waals surface area (Å²) >= 11 is 0. The van der Waals surface area contributed by atoms with Gasteiger partial charge in [0.25, 0.3) is 0 Å². The summed E-state index contributed by atoms with van der Waals surface area (Å²) in [5.74, 6) is 0.737. The van der Waals surface area contributed by atoms with Crippen molar-refractivity contribution in [2.24, 2.45) is 5.92 Å².